The van der Waals surface area contributed by atoms with Crippen LogP contribution in [0.2, 0.25) is 0 Å². The number of carbonyl (C=O) groups excluding carboxylic acids is 2. The average Bonchev–Trinajstić information content (AvgIpc) is 2.69. The van der Waals surface area contributed by atoms with E-state index < -0.39 is 27.7 Å². The highest BCUT2D eigenvalue weighted by atomic mass is 32.2. The number of hydrogen-bond donors (Lipinski definition) is 2. The molecule has 2 aromatic carbocycles. The van der Waals surface area contributed by atoms with Crippen molar-refractivity contribution in [3.63, 3.8) is 0 Å². The van der Waals surface area contributed by atoms with E-state index in [-0.39, 0.29) is 24.3 Å². The maximum atomic E-state index is 12.6. The molecular weight excluding hydrogens is 380 g/mol. The van der Waals surface area contributed by atoms with Crippen molar-refractivity contribution in [2.75, 3.05) is 19.1 Å². The molecule has 0 saturated heterocycles. The van der Waals surface area contributed by atoms with Crippen LogP contribution >= 0.6 is 0 Å². The first kappa shape index (κ1) is 21.4. The van der Waals surface area contributed by atoms with Crippen LogP contribution in [-0.4, -0.2) is 45.4 Å². The minimum atomic E-state index is -3.29. The number of methoxy groups -OCH3 is 1. The molecule has 0 aromatic heterocycles. The minimum absolute atomic E-state index is 0.0274. The molecule has 0 saturated carbocycles. The second-order valence-corrected chi connectivity index (χ2v) is 8.61. The van der Waals surface area contributed by atoms with E-state index in [4.69, 9.17) is 4.74 Å². The molecule has 28 heavy (non-hydrogen) atoms. The van der Waals surface area contributed by atoms with Crippen molar-refractivity contribution < 1.29 is 22.7 Å². The van der Waals surface area contributed by atoms with Crippen molar-refractivity contribution in [1.82, 2.24) is 10.6 Å². The second-order valence-electron chi connectivity index (χ2n) is 6.35. The van der Waals surface area contributed by atoms with Crippen LogP contribution in [0.4, 0.5) is 0 Å². The summed E-state index contributed by atoms with van der Waals surface area (Å²) in [6, 6.07) is 14.9. The van der Waals surface area contributed by atoms with Crippen LogP contribution in [0, 0.1) is 0 Å². The van der Waals surface area contributed by atoms with Gasteiger partial charge in [-0.25, -0.2) is 8.42 Å². The summed E-state index contributed by atoms with van der Waals surface area (Å²) in [7, 11) is -1.84. The third-order valence-corrected chi connectivity index (χ3v) is 5.04. The van der Waals surface area contributed by atoms with Crippen LogP contribution in [0.5, 0.6) is 5.75 Å². The minimum Gasteiger partial charge on any atom is -0.496 e. The van der Waals surface area contributed by atoms with Crippen LogP contribution in [-0.2, 0) is 21.2 Å². The molecule has 150 valence electrons. The fraction of sp³-hybridized carbons (Fsp3) is 0.300. The molecule has 2 rings (SSSR count). The molecule has 2 aromatic rings. The number of rotatable bonds is 9. The summed E-state index contributed by atoms with van der Waals surface area (Å²) in [5, 5.41) is 5.36. The van der Waals surface area contributed by atoms with Crippen molar-refractivity contribution in [2.45, 2.75) is 19.0 Å². The van der Waals surface area contributed by atoms with E-state index in [1.54, 1.807) is 24.3 Å². The van der Waals surface area contributed by atoms with Crippen LogP contribution in [0.1, 0.15) is 22.3 Å². The molecule has 2 amide bonds. The van der Waals surface area contributed by atoms with Gasteiger partial charge in [0.2, 0.25) is 5.91 Å². The zero-order chi connectivity index (χ0) is 20.6. The van der Waals surface area contributed by atoms with Gasteiger partial charge in [-0.1, -0.05) is 42.5 Å². The Hall–Kier alpha value is -2.87. The number of benzene rings is 2. The molecule has 0 unspecified atom stereocenters. The maximum absolute atomic E-state index is 12.6. The summed E-state index contributed by atoms with van der Waals surface area (Å²) in [6.07, 6.45) is 1.06. The molecule has 0 fully saturated rings. The van der Waals surface area contributed by atoms with Crippen LogP contribution in [0.25, 0.3) is 0 Å². The fourth-order valence-electron chi connectivity index (χ4n) is 2.58. The lowest BCUT2D eigenvalue weighted by Crippen LogP contribution is -2.47. The van der Waals surface area contributed by atoms with Gasteiger partial charge in [-0.3, -0.25) is 9.59 Å². The highest BCUT2D eigenvalue weighted by molar-refractivity contribution is 7.90. The Bertz CT molecular complexity index is 913. The Morgan fingerprint density at radius 3 is 2.32 bits per heavy atom. The van der Waals surface area contributed by atoms with Gasteiger partial charge in [0.05, 0.1) is 18.4 Å². The van der Waals surface area contributed by atoms with Gasteiger partial charge in [0.25, 0.3) is 5.91 Å². The van der Waals surface area contributed by atoms with Crippen LogP contribution in [0.3, 0.4) is 0 Å². The van der Waals surface area contributed by atoms with Gasteiger partial charge >= 0.3 is 0 Å². The van der Waals surface area contributed by atoms with E-state index in [1.807, 2.05) is 30.3 Å². The van der Waals surface area contributed by atoms with Gasteiger partial charge in [-0.2, -0.15) is 0 Å². The van der Waals surface area contributed by atoms with Gasteiger partial charge < -0.3 is 15.4 Å². The first-order valence-corrected chi connectivity index (χ1v) is 10.8. The molecule has 0 aliphatic carbocycles. The highest BCUT2D eigenvalue weighted by Crippen LogP contribution is 2.17. The van der Waals surface area contributed by atoms with Crippen molar-refractivity contribution in [3.8, 4) is 5.75 Å². The number of sulfone groups is 1. The summed E-state index contributed by atoms with van der Waals surface area (Å²) in [5.41, 5.74) is 1.17. The van der Waals surface area contributed by atoms with Gasteiger partial charge in [0.1, 0.15) is 21.6 Å². The van der Waals surface area contributed by atoms with E-state index in [9.17, 15) is 18.0 Å². The molecule has 0 heterocycles. The molecule has 0 aliphatic rings. The first-order valence-electron chi connectivity index (χ1n) is 8.73. The smallest absolute Gasteiger partial charge is 0.255 e. The van der Waals surface area contributed by atoms with Gasteiger partial charge in [0.15, 0.2) is 0 Å². The van der Waals surface area contributed by atoms with Crippen molar-refractivity contribution in [2.24, 2.45) is 0 Å². The summed E-state index contributed by atoms with van der Waals surface area (Å²) in [4.78, 5) is 25.2. The lowest BCUT2D eigenvalue weighted by atomic mass is 10.1. The zero-order valence-electron chi connectivity index (χ0n) is 15.8. The molecular formula is C20H24N2O5S. The Morgan fingerprint density at radius 1 is 1.04 bits per heavy atom. The van der Waals surface area contributed by atoms with Crippen LogP contribution < -0.4 is 15.4 Å². The normalized spacial score (nSPS) is 12.1. The van der Waals surface area contributed by atoms with E-state index in [0.717, 1.165) is 11.8 Å². The van der Waals surface area contributed by atoms with Crippen molar-refractivity contribution in [3.05, 3.63) is 65.7 Å². The second kappa shape index (κ2) is 9.89. The monoisotopic (exact) mass is 404 g/mol. The number of hydrogen-bond acceptors (Lipinski definition) is 5. The Kier molecular flexibility index (Phi) is 7.57. The molecule has 0 spiro atoms. The number of carbonyl (C=O) groups is 2. The van der Waals surface area contributed by atoms with E-state index in [2.05, 4.69) is 10.6 Å². The largest absolute Gasteiger partial charge is 0.496 e. The van der Waals surface area contributed by atoms with Gasteiger partial charge in [-0.05, 0) is 24.1 Å². The predicted molar refractivity (Wildman–Crippen MR) is 107 cm³/mol. The molecule has 0 radical (unpaired) electrons. The summed E-state index contributed by atoms with van der Waals surface area (Å²) in [5.74, 6) is -0.809. The average molecular weight is 404 g/mol. The maximum Gasteiger partial charge on any atom is 0.255 e. The fourth-order valence-corrected chi connectivity index (χ4v) is 3.24. The summed E-state index contributed by atoms with van der Waals surface area (Å²) >= 11 is 0. The molecule has 8 heteroatoms. The summed E-state index contributed by atoms with van der Waals surface area (Å²) < 4.78 is 28.2. The number of ether oxygens (including phenoxy) is 1. The SMILES string of the molecule is COc1ccccc1C(=O)N[C@H](CCS(C)(=O)=O)C(=O)NCc1ccccc1. The summed E-state index contributed by atoms with van der Waals surface area (Å²) in [6.45, 7) is 0.277. The van der Waals surface area contributed by atoms with Gasteiger partial charge in [-0.15, -0.1) is 0 Å². The topological polar surface area (TPSA) is 102 Å². The van der Waals surface area contributed by atoms with Crippen LogP contribution in [0.15, 0.2) is 54.6 Å². The highest BCUT2D eigenvalue weighted by Gasteiger charge is 2.24. The quantitative estimate of drug-likeness (QED) is 0.660. The van der Waals surface area contributed by atoms with E-state index in [0.29, 0.717) is 5.75 Å². The standard InChI is InChI=1S/C20H24N2O5S/c1-27-18-11-7-6-10-16(18)19(23)22-17(12-13-28(2,25)26)20(24)21-14-15-8-4-3-5-9-15/h3-11,17H,12-14H2,1-2H3,(H,21,24)(H,22,23)/t17-/m1/s1. The third kappa shape index (κ3) is 6.70. The predicted octanol–water partition coefficient (Wildman–Crippen LogP) is 1.54. The van der Waals surface area contributed by atoms with Crippen molar-refractivity contribution in [1.29, 1.82) is 0 Å². The number of para-hydroxylation sites is 1. The van der Waals surface area contributed by atoms with Gasteiger partial charge in [0, 0.05) is 12.8 Å². The Morgan fingerprint density at radius 2 is 1.68 bits per heavy atom. The molecule has 1 atom stereocenters. The van der Waals surface area contributed by atoms with Crippen molar-refractivity contribution >= 4 is 21.7 Å². The Balaban J connectivity index is 2.11. The lowest BCUT2D eigenvalue weighted by molar-refractivity contribution is -0.123. The number of amides is 2. The Labute approximate surface area is 165 Å². The number of nitrogens with one attached hydrogen (secondary N) is 2. The lowest BCUT2D eigenvalue weighted by Gasteiger charge is -2.19. The van der Waals surface area contributed by atoms with E-state index in [1.165, 1.54) is 7.11 Å². The third-order valence-electron chi connectivity index (χ3n) is 4.06. The molecule has 2 N–H and O–H groups in total. The molecule has 7 nitrogen and oxygen atoms in total. The molecule has 0 aliphatic heterocycles. The molecule has 0 bridgehead atoms. The zero-order valence-corrected chi connectivity index (χ0v) is 16.7. The first-order chi connectivity index (χ1) is 13.3. The van der Waals surface area contributed by atoms with E-state index >= 15 is 0 Å².